The van der Waals surface area contributed by atoms with Crippen LogP contribution in [0.5, 0.6) is 0 Å². The highest BCUT2D eigenvalue weighted by atomic mass is 32.2. The van der Waals surface area contributed by atoms with Crippen LogP contribution in [0.3, 0.4) is 0 Å². The van der Waals surface area contributed by atoms with Crippen molar-refractivity contribution in [2.24, 2.45) is 0 Å². The van der Waals surface area contributed by atoms with E-state index in [-0.39, 0.29) is 0 Å². The average molecular weight is 238 g/mol. The fourth-order valence-corrected chi connectivity index (χ4v) is 1.20. The van der Waals surface area contributed by atoms with Crippen molar-refractivity contribution < 1.29 is 17.8 Å². The highest BCUT2D eigenvalue weighted by Crippen LogP contribution is 2.00. The van der Waals surface area contributed by atoms with Gasteiger partial charge in [0.2, 0.25) is 0 Å². The van der Waals surface area contributed by atoms with Crippen LogP contribution < -0.4 is 0 Å². The Morgan fingerprint density at radius 1 is 1.12 bits per heavy atom. The number of hydrogen-bond donors (Lipinski definition) is 1. The van der Waals surface area contributed by atoms with Gasteiger partial charge in [0.05, 0.1) is 0 Å². The van der Waals surface area contributed by atoms with Gasteiger partial charge in [0.1, 0.15) is 0 Å². The van der Waals surface area contributed by atoms with E-state index in [0.717, 1.165) is 11.6 Å². The Morgan fingerprint density at radius 2 is 1.75 bits per heavy atom. The van der Waals surface area contributed by atoms with Gasteiger partial charge >= 0.3 is 10.1 Å². The molecule has 0 aliphatic heterocycles. The zero-order chi connectivity index (χ0) is 12.0. The molecule has 0 radical (unpaired) electrons. The molecule has 0 aliphatic carbocycles. The SMILES string of the molecule is O=C(C=CC=Cc1ccccc1)S(=O)(=O)O. The molecular formula is C11H10O4S. The van der Waals surface area contributed by atoms with Crippen LogP contribution in [0.2, 0.25) is 0 Å². The van der Waals surface area contributed by atoms with Gasteiger partial charge in [0.25, 0.3) is 5.12 Å². The van der Waals surface area contributed by atoms with Crippen molar-refractivity contribution >= 4 is 21.3 Å². The standard InChI is InChI=1S/C11H10O4S/c12-11(16(13,14)15)9-5-4-8-10-6-2-1-3-7-10/h1-9H,(H,13,14,15). The summed E-state index contributed by atoms with van der Waals surface area (Å²) in [5, 5.41) is -1.33. The van der Waals surface area contributed by atoms with Crippen molar-refractivity contribution in [3.63, 3.8) is 0 Å². The molecule has 16 heavy (non-hydrogen) atoms. The molecule has 0 amide bonds. The number of allylic oxidation sites excluding steroid dienone is 2. The number of rotatable bonds is 3. The summed E-state index contributed by atoms with van der Waals surface area (Å²) < 4.78 is 29.0. The molecule has 0 spiro atoms. The van der Waals surface area contributed by atoms with Crippen LogP contribution in [-0.4, -0.2) is 18.1 Å². The lowest BCUT2D eigenvalue weighted by molar-refractivity contribution is -0.108. The summed E-state index contributed by atoms with van der Waals surface area (Å²) in [6.07, 6.45) is 5.25. The quantitative estimate of drug-likeness (QED) is 0.494. The van der Waals surface area contributed by atoms with Crippen molar-refractivity contribution in [1.29, 1.82) is 0 Å². The first-order chi connectivity index (χ1) is 7.50. The third-order valence-electron chi connectivity index (χ3n) is 1.69. The van der Waals surface area contributed by atoms with Crippen molar-refractivity contribution in [2.45, 2.75) is 0 Å². The Labute approximate surface area is 93.7 Å². The maximum atomic E-state index is 10.7. The van der Waals surface area contributed by atoms with Crippen LogP contribution in [-0.2, 0) is 14.9 Å². The molecule has 0 aromatic heterocycles. The summed E-state index contributed by atoms with van der Waals surface area (Å²) in [5.74, 6) is 0. The molecule has 0 fully saturated rings. The van der Waals surface area contributed by atoms with Gasteiger partial charge in [-0.1, -0.05) is 48.6 Å². The Kier molecular flexibility index (Phi) is 4.16. The molecule has 0 saturated heterocycles. The Morgan fingerprint density at radius 3 is 2.31 bits per heavy atom. The fourth-order valence-electron chi connectivity index (χ4n) is 0.951. The topological polar surface area (TPSA) is 71.4 Å². The van der Waals surface area contributed by atoms with Crippen molar-refractivity contribution in [2.75, 3.05) is 0 Å². The predicted octanol–water partition coefficient (Wildman–Crippen LogP) is 1.67. The number of carbonyl (C=O) groups excluding carboxylic acids is 1. The lowest BCUT2D eigenvalue weighted by atomic mass is 10.2. The van der Waals surface area contributed by atoms with Gasteiger partial charge in [-0.25, -0.2) is 0 Å². The highest BCUT2D eigenvalue weighted by Gasteiger charge is 2.12. The minimum Gasteiger partial charge on any atom is -0.279 e. The summed E-state index contributed by atoms with van der Waals surface area (Å²) in [4.78, 5) is 10.7. The smallest absolute Gasteiger partial charge is 0.279 e. The molecule has 0 aliphatic rings. The van der Waals surface area contributed by atoms with Crippen molar-refractivity contribution in [3.05, 3.63) is 54.1 Å². The Balaban J connectivity index is 2.63. The predicted molar refractivity (Wildman–Crippen MR) is 61.2 cm³/mol. The van der Waals surface area contributed by atoms with Crippen molar-refractivity contribution in [3.8, 4) is 0 Å². The molecule has 84 valence electrons. The summed E-state index contributed by atoms with van der Waals surface area (Å²) in [6, 6.07) is 9.29. The van der Waals surface area contributed by atoms with Crippen LogP contribution in [0.15, 0.2) is 48.6 Å². The van der Waals surface area contributed by atoms with Gasteiger partial charge in [-0.05, 0) is 5.56 Å². The number of benzene rings is 1. The average Bonchev–Trinajstić information content (AvgIpc) is 2.24. The molecule has 1 N–H and O–H groups in total. The van der Waals surface area contributed by atoms with Gasteiger partial charge in [-0.2, -0.15) is 8.42 Å². The van der Waals surface area contributed by atoms with Gasteiger partial charge in [0, 0.05) is 6.08 Å². The zero-order valence-electron chi connectivity index (χ0n) is 8.28. The maximum Gasteiger partial charge on any atom is 0.332 e. The van der Waals surface area contributed by atoms with Crippen LogP contribution in [0.1, 0.15) is 5.56 Å². The number of hydrogen-bond acceptors (Lipinski definition) is 3. The summed E-state index contributed by atoms with van der Waals surface area (Å²) >= 11 is 0. The van der Waals surface area contributed by atoms with E-state index in [4.69, 9.17) is 4.55 Å². The van der Waals surface area contributed by atoms with Crippen LogP contribution >= 0.6 is 0 Å². The monoisotopic (exact) mass is 238 g/mol. The minimum absolute atomic E-state index is 0.786. The Hall–Kier alpha value is -1.72. The van der Waals surface area contributed by atoms with E-state index >= 15 is 0 Å². The van der Waals surface area contributed by atoms with E-state index in [1.807, 2.05) is 30.3 Å². The molecule has 0 saturated carbocycles. The minimum atomic E-state index is -4.61. The lowest BCUT2D eigenvalue weighted by Crippen LogP contribution is -2.09. The molecule has 0 heterocycles. The van der Waals surface area contributed by atoms with Gasteiger partial charge in [0.15, 0.2) is 0 Å². The third kappa shape index (κ3) is 4.20. The summed E-state index contributed by atoms with van der Waals surface area (Å²) in [7, 11) is -4.61. The fraction of sp³-hybridized carbons (Fsp3) is 0. The second-order valence-corrected chi connectivity index (χ2v) is 4.28. The van der Waals surface area contributed by atoms with E-state index in [2.05, 4.69) is 0 Å². The highest BCUT2D eigenvalue weighted by molar-refractivity contribution is 8.01. The molecule has 4 nitrogen and oxygen atoms in total. The maximum absolute atomic E-state index is 10.7. The lowest BCUT2D eigenvalue weighted by Gasteiger charge is -1.88. The summed E-state index contributed by atoms with van der Waals surface area (Å²) in [5.41, 5.74) is 0.923. The first-order valence-corrected chi connectivity index (χ1v) is 5.85. The van der Waals surface area contributed by atoms with E-state index < -0.39 is 15.2 Å². The van der Waals surface area contributed by atoms with Gasteiger partial charge in [-0.15, -0.1) is 0 Å². The molecule has 0 atom stereocenters. The largest absolute Gasteiger partial charge is 0.332 e. The van der Waals surface area contributed by atoms with Crippen molar-refractivity contribution in [1.82, 2.24) is 0 Å². The molecule has 1 aromatic rings. The molecule has 0 bridgehead atoms. The zero-order valence-corrected chi connectivity index (χ0v) is 9.09. The van der Waals surface area contributed by atoms with Crippen LogP contribution in [0.25, 0.3) is 6.08 Å². The molecule has 1 rings (SSSR count). The van der Waals surface area contributed by atoms with Gasteiger partial charge in [-0.3, -0.25) is 9.35 Å². The van der Waals surface area contributed by atoms with Gasteiger partial charge < -0.3 is 0 Å². The Bertz CT molecular complexity index is 512. The summed E-state index contributed by atoms with van der Waals surface area (Å²) in [6.45, 7) is 0. The normalized spacial score (nSPS) is 12.3. The van der Waals surface area contributed by atoms with E-state index in [1.165, 1.54) is 12.2 Å². The van der Waals surface area contributed by atoms with Crippen LogP contribution in [0, 0.1) is 0 Å². The second kappa shape index (κ2) is 5.39. The van der Waals surface area contributed by atoms with E-state index in [1.54, 1.807) is 6.08 Å². The molecule has 1 aromatic carbocycles. The molecular weight excluding hydrogens is 228 g/mol. The van der Waals surface area contributed by atoms with Crippen LogP contribution in [0.4, 0.5) is 0 Å². The first kappa shape index (κ1) is 12.4. The molecule has 0 unspecified atom stereocenters. The molecule has 5 heteroatoms. The number of carbonyl (C=O) groups is 1. The van der Waals surface area contributed by atoms with E-state index in [0.29, 0.717) is 0 Å². The van der Waals surface area contributed by atoms with E-state index in [9.17, 15) is 13.2 Å². The third-order valence-corrected chi connectivity index (χ3v) is 2.33. The second-order valence-electron chi connectivity index (χ2n) is 2.92. The first-order valence-electron chi connectivity index (χ1n) is 4.41.